The van der Waals surface area contributed by atoms with Crippen LogP contribution >= 0.6 is 0 Å². The van der Waals surface area contributed by atoms with E-state index in [4.69, 9.17) is 0 Å². The zero-order valence-corrected chi connectivity index (χ0v) is 9.21. The summed E-state index contributed by atoms with van der Waals surface area (Å²) in [4.78, 5) is 13.2. The Kier molecular flexibility index (Phi) is 3.50. The van der Waals surface area contributed by atoms with Gasteiger partial charge in [0.15, 0.2) is 6.80 Å². The fourth-order valence-electron chi connectivity index (χ4n) is 1.59. The van der Waals surface area contributed by atoms with E-state index >= 15 is 0 Å². The molecule has 0 aliphatic carbocycles. The van der Waals surface area contributed by atoms with E-state index in [1.807, 2.05) is 12.1 Å². The highest BCUT2D eigenvalue weighted by Crippen LogP contribution is 2.16. The average molecular weight is 229 g/mol. The summed E-state index contributed by atoms with van der Waals surface area (Å²) < 4.78 is 13.0. The maximum Gasteiger partial charge on any atom is 0.260 e. The van der Waals surface area contributed by atoms with Gasteiger partial charge >= 0.3 is 0 Å². The molecule has 0 unspecified atom stereocenters. The molecule has 0 N–H and O–H groups in total. The molecule has 2 aromatic rings. The summed E-state index contributed by atoms with van der Waals surface area (Å²) >= 11 is 0. The Morgan fingerprint density at radius 2 is 1.47 bits per heavy atom. The molecule has 1 amide bonds. The number of hydrogen-bond acceptors (Lipinski definition) is 1. The smallest absolute Gasteiger partial charge is 0.260 e. The summed E-state index contributed by atoms with van der Waals surface area (Å²) in [7, 11) is 0. The maximum absolute atomic E-state index is 13.0. The zero-order valence-electron chi connectivity index (χ0n) is 9.21. The molecule has 3 heteroatoms. The van der Waals surface area contributed by atoms with Crippen molar-refractivity contribution in [1.29, 1.82) is 0 Å². The number of alkyl halides is 1. The quantitative estimate of drug-likeness (QED) is 0.740. The number of nitrogens with zero attached hydrogens (tertiary/aromatic N) is 1. The highest BCUT2D eigenvalue weighted by Gasteiger charge is 2.16. The van der Waals surface area contributed by atoms with Crippen LogP contribution in [0.2, 0.25) is 0 Å². The first-order chi connectivity index (χ1) is 8.33. The van der Waals surface area contributed by atoms with Crippen LogP contribution in [0.25, 0.3) is 0 Å². The van der Waals surface area contributed by atoms with Crippen LogP contribution < -0.4 is 4.90 Å². The molecule has 0 saturated carbocycles. The Hall–Kier alpha value is -2.16. The first-order valence-corrected chi connectivity index (χ1v) is 5.31. The van der Waals surface area contributed by atoms with Gasteiger partial charge in [-0.2, -0.15) is 0 Å². The van der Waals surface area contributed by atoms with E-state index in [2.05, 4.69) is 0 Å². The van der Waals surface area contributed by atoms with E-state index in [0.29, 0.717) is 11.3 Å². The fraction of sp³-hybridized carbons (Fsp3) is 0.0714. The number of rotatable bonds is 3. The van der Waals surface area contributed by atoms with Crippen molar-refractivity contribution in [3.8, 4) is 0 Å². The number of anilines is 1. The molecule has 0 aromatic heterocycles. The SMILES string of the molecule is O=C(c1ccccc1)N(CF)c1ccccc1. The van der Waals surface area contributed by atoms with Crippen molar-refractivity contribution in [3.05, 3.63) is 66.2 Å². The largest absolute Gasteiger partial charge is 0.280 e. The Labute approximate surface area is 99.3 Å². The molecule has 0 bridgehead atoms. The van der Waals surface area contributed by atoms with Gasteiger partial charge in [0, 0.05) is 11.3 Å². The molecule has 17 heavy (non-hydrogen) atoms. The molecule has 0 saturated heterocycles. The molecule has 0 spiro atoms. The summed E-state index contributed by atoms with van der Waals surface area (Å²) in [6.07, 6.45) is 0. The normalized spacial score (nSPS) is 9.94. The molecular weight excluding hydrogens is 217 g/mol. The summed E-state index contributed by atoms with van der Waals surface area (Å²) in [5, 5.41) is 0. The molecular formula is C14H12FNO. The van der Waals surface area contributed by atoms with Crippen LogP contribution in [0.3, 0.4) is 0 Å². The van der Waals surface area contributed by atoms with Gasteiger partial charge in [-0.25, -0.2) is 4.39 Å². The molecule has 0 radical (unpaired) electrons. The van der Waals surface area contributed by atoms with E-state index in [9.17, 15) is 9.18 Å². The van der Waals surface area contributed by atoms with Crippen LogP contribution in [0.5, 0.6) is 0 Å². The van der Waals surface area contributed by atoms with Gasteiger partial charge in [0.1, 0.15) is 0 Å². The second-order valence-electron chi connectivity index (χ2n) is 3.55. The Balaban J connectivity index is 2.29. The van der Waals surface area contributed by atoms with E-state index in [0.717, 1.165) is 4.90 Å². The second kappa shape index (κ2) is 5.25. The molecule has 0 fully saturated rings. The minimum absolute atomic E-state index is 0.334. The number of para-hydroxylation sites is 1. The highest BCUT2D eigenvalue weighted by atomic mass is 19.1. The molecule has 0 aliphatic rings. The van der Waals surface area contributed by atoms with Crippen molar-refractivity contribution >= 4 is 11.6 Å². The minimum atomic E-state index is -0.836. The van der Waals surface area contributed by atoms with Crippen LogP contribution in [-0.2, 0) is 0 Å². The number of halogens is 1. The van der Waals surface area contributed by atoms with Crippen molar-refractivity contribution in [1.82, 2.24) is 0 Å². The minimum Gasteiger partial charge on any atom is -0.280 e. The summed E-state index contributed by atoms with van der Waals surface area (Å²) in [6, 6.07) is 17.5. The van der Waals surface area contributed by atoms with Crippen molar-refractivity contribution < 1.29 is 9.18 Å². The summed E-state index contributed by atoms with van der Waals surface area (Å²) in [5.41, 5.74) is 1.04. The van der Waals surface area contributed by atoms with E-state index < -0.39 is 6.80 Å². The Bertz CT molecular complexity index is 484. The fourth-order valence-corrected chi connectivity index (χ4v) is 1.59. The van der Waals surface area contributed by atoms with Crippen LogP contribution in [0.1, 0.15) is 10.4 Å². The Morgan fingerprint density at radius 1 is 0.941 bits per heavy atom. The third-order valence-electron chi connectivity index (χ3n) is 2.45. The highest BCUT2D eigenvalue weighted by molar-refractivity contribution is 6.05. The lowest BCUT2D eigenvalue weighted by Gasteiger charge is -2.18. The lowest BCUT2D eigenvalue weighted by Crippen LogP contribution is -2.29. The van der Waals surface area contributed by atoms with Crippen LogP contribution in [0, 0.1) is 0 Å². The van der Waals surface area contributed by atoms with Gasteiger partial charge in [-0.05, 0) is 24.3 Å². The lowest BCUT2D eigenvalue weighted by molar-refractivity contribution is 0.0976. The van der Waals surface area contributed by atoms with Gasteiger partial charge in [0.2, 0.25) is 0 Å². The van der Waals surface area contributed by atoms with E-state index in [1.54, 1.807) is 48.5 Å². The number of amides is 1. The first-order valence-electron chi connectivity index (χ1n) is 5.31. The average Bonchev–Trinajstić information content (AvgIpc) is 2.42. The van der Waals surface area contributed by atoms with Gasteiger partial charge < -0.3 is 0 Å². The van der Waals surface area contributed by atoms with Crippen LogP contribution in [0.4, 0.5) is 10.1 Å². The van der Waals surface area contributed by atoms with Gasteiger partial charge in [0.05, 0.1) is 0 Å². The monoisotopic (exact) mass is 229 g/mol. The van der Waals surface area contributed by atoms with Crippen molar-refractivity contribution in [2.45, 2.75) is 0 Å². The molecule has 0 heterocycles. The summed E-state index contributed by atoms with van der Waals surface area (Å²) in [6.45, 7) is -0.836. The number of carbonyl (C=O) groups excluding carboxylic acids is 1. The zero-order chi connectivity index (χ0) is 12.1. The standard InChI is InChI=1S/C14H12FNO/c15-11-16(13-9-5-2-6-10-13)14(17)12-7-3-1-4-8-12/h1-10H,11H2. The van der Waals surface area contributed by atoms with Gasteiger partial charge in [0.25, 0.3) is 5.91 Å². The lowest BCUT2D eigenvalue weighted by atomic mass is 10.2. The maximum atomic E-state index is 13.0. The number of benzene rings is 2. The van der Waals surface area contributed by atoms with Gasteiger partial charge in [-0.3, -0.25) is 9.69 Å². The molecule has 2 rings (SSSR count). The first kappa shape index (κ1) is 11.3. The van der Waals surface area contributed by atoms with Crippen molar-refractivity contribution in [3.63, 3.8) is 0 Å². The molecule has 0 atom stereocenters. The van der Waals surface area contributed by atoms with Gasteiger partial charge in [-0.1, -0.05) is 36.4 Å². The number of carbonyl (C=O) groups is 1. The molecule has 2 nitrogen and oxygen atoms in total. The molecule has 2 aromatic carbocycles. The van der Waals surface area contributed by atoms with Crippen molar-refractivity contribution in [2.75, 3.05) is 11.7 Å². The third kappa shape index (κ3) is 2.50. The summed E-state index contributed by atoms with van der Waals surface area (Å²) in [5.74, 6) is -0.334. The van der Waals surface area contributed by atoms with Crippen LogP contribution in [-0.4, -0.2) is 12.7 Å². The van der Waals surface area contributed by atoms with Crippen molar-refractivity contribution in [2.24, 2.45) is 0 Å². The van der Waals surface area contributed by atoms with Crippen LogP contribution in [0.15, 0.2) is 60.7 Å². The predicted octanol–water partition coefficient (Wildman–Crippen LogP) is 3.26. The van der Waals surface area contributed by atoms with E-state index in [-0.39, 0.29) is 5.91 Å². The molecule has 86 valence electrons. The van der Waals surface area contributed by atoms with Gasteiger partial charge in [-0.15, -0.1) is 0 Å². The van der Waals surface area contributed by atoms with E-state index in [1.165, 1.54) is 0 Å². The predicted molar refractivity (Wildman–Crippen MR) is 65.7 cm³/mol. The second-order valence-corrected chi connectivity index (χ2v) is 3.55. The molecule has 0 aliphatic heterocycles. The topological polar surface area (TPSA) is 20.3 Å². The number of hydrogen-bond donors (Lipinski definition) is 0. The Morgan fingerprint density at radius 3 is 2.00 bits per heavy atom. The third-order valence-corrected chi connectivity index (χ3v) is 2.45.